The van der Waals surface area contributed by atoms with E-state index < -0.39 is 0 Å². The molecule has 0 fully saturated rings. The largest absolute Gasteiger partial charge is 0.350 e. The summed E-state index contributed by atoms with van der Waals surface area (Å²) in [5, 5.41) is 9.63. The molecule has 0 saturated carbocycles. The SMILES string of the molecule is O=C(NCCn1ccc(-c2ccccn2)n1)c1ccc2ccccc2c1. The first-order valence-corrected chi connectivity index (χ1v) is 8.51. The van der Waals surface area contributed by atoms with E-state index in [-0.39, 0.29) is 5.91 Å². The fourth-order valence-electron chi connectivity index (χ4n) is 2.85. The lowest BCUT2D eigenvalue weighted by molar-refractivity contribution is 0.0952. The minimum absolute atomic E-state index is 0.0761. The number of benzene rings is 2. The number of rotatable bonds is 5. The molecule has 0 aliphatic rings. The zero-order chi connectivity index (χ0) is 17.8. The molecule has 128 valence electrons. The Balaban J connectivity index is 1.37. The molecule has 2 heterocycles. The lowest BCUT2D eigenvalue weighted by Gasteiger charge is -2.07. The first-order valence-electron chi connectivity index (χ1n) is 8.51. The summed E-state index contributed by atoms with van der Waals surface area (Å²) < 4.78 is 1.81. The summed E-state index contributed by atoms with van der Waals surface area (Å²) in [6.45, 7) is 1.11. The molecule has 0 bridgehead atoms. The second kappa shape index (κ2) is 7.19. The van der Waals surface area contributed by atoms with Gasteiger partial charge >= 0.3 is 0 Å². The van der Waals surface area contributed by atoms with Crippen molar-refractivity contribution in [2.75, 3.05) is 6.54 Å². The van der Waals surface area contributed by atoms with Crippen LogP contribution in [0.15, 0.2) is 79.1 Å². The number of hydrogen-bond acceptors (Lipinski definition) is 3. The Kier molecular flexibility index (Phi) is 4.43. The van der Waals surface area contributed by atoms with E-state index in [1.165, 1.54) is 0 Å². The van der Waals surface area contributed by atoms with Crippen molar-refractivity contribution in [3.63, 3.8) is 0 Å². The van der Waals surface area contributed by atoms with Crippen LogP contribution < -0.4 is 5.32 Å². The van der Waals surface area contributed by atoms with Crippen molar-refractivity contribution in [1.29, 1.82) is 0 Å². The molecule has 0 radical (unpaired) electrons. The van der Waals surface area contributed by atoms with E-state index in [0.29, 0.717) is 18.7 Å². The number of fused-ring (bicyclic) bond motifs is 1. The molecule has 2 aromatic heterocycles. The smallest absolute Gasteiger partial charge is 0.251 e. The Morgan fingerprint density at radius 1 is 0.923 bits per heavy atom. The number of nitrogens with zero attached hydrogens (tertiary/aromatic N) is 3. The molecule has 0 atom stereocenters. The number of aromatic nitrogens is 3. The summed E-state index contributed by atoms with van der Waals surface area (Å²) in [5.41, 5.74) is 2.33. The van der Waals surface area contributed by atoms with Crippen molar-refractivity contribution >= 4 is 16.7 Å². The van der Waals surface area contributed by atoms with Gasteiger partial charge in [0.15, 0.2) is 0 Å². The van der Waals surface area contributed by atoms with Gasteiger partial charge in [-0.15, -0.1) is 0 Å². The number of nitrogens with one attached hydrogen (secondary N) is 1. The molecular formula is C21H18N4O. The van der Waals surface area contributed by atoms with E-state index in [9.17, 15) is 4.79 Å². The number of pyridine rings is 1. The molecule has 4 rings (SSSR count). The predicted molar refractivity (Wildman–Crippen MR) is 102 cm³/mol. The van der Waals surface area contributed by atoms with Crippen LogP contribution in [0, 0.1) is 0 Å². The summed E-state index contributed by atoms with van der Waals surface area (Å²) in [5.74, 6) is -0.0761. The molecule has 26 heavy (non-hydrogen) atoms. The van der Waals surface area contributed by atoms with E-state index in [2.05, 4.69) is 15.4 Å². The quantitative estimate of drug-likeness (QED) is 0.603. The fraction of sp³-hybridized carbons (Fsp3) is 0.0952. The zero-order valence-electron chi connectivity index (χ0n) is 14.2. The third-order valence-corrected chi connectivity index (χ3v) is 4.21. The summed E-state index contributed by atoms with van der Waals surface area (Å²) in [4.78, 5) is 16.6. The van der Waals surface area contributed by atoms with Crippen LogP contribution in [0.25, 0.3) is 22.2 Å². The highest BCUT2D eigenvalue weighted by molar-refractivity contribution is 5.98. The maximum Gasteiger partial charge on any atom is 0.251 e. The van der Waals surface area contributed by atoms with E-state index in [4.69, 9.17) is 0 Å². The van der Waals surface area contributed by atoms with Crippen LogP contribution in [0.1, 0.15) is 10.4 Å². The molecular weight excluding hydrogens is 324 g/mol. The van der Waals surface area contributed by atoms with E-state index in [1.54, 1.807) is 6.20 Å². The predicted octanol–water partition coefficient (Wildman–Crippen LogP) is 3.53. The van der Waals surface area contributed by atoms with Crippen molar-refractivity contribution in [1.82, 2.24) is 20.1 Å². The summed E-state index contributed by atoms with van der Waals surface area (Å²) in [7, 11) is 0. The normalized spacial score (nSPS) is 10.8. The summed E-state index contributed by atoms with van der Waals surface area (Å²) in [6.07, 6.45) is 3.64. The Hall–Kier alpha value is -3.47. The van der Waals surface area contributed by atoms with Crippen LogP contribution in [0.3, 0.4) is 0 Å². The molecule has 5 nitrogen and oxygen atoms in total. The average Bonchev–Trinajstić information content (AvgIpc) is 3.17. The fourth-order valence-corrected chi connectivity index (χ4v) is 2.85. The van der Waals surface area contributed by atoms with Crippen LogP contribution in [-0.4, -0.2) is 27.2 Å². The number of carbonyl (C=O) groups excluding carboxylic acids is 1. The molecule has 5 heteroatoms. The lowest BCUT2D eigenvalue weighted by atomic mass is 10.1. The first-order chi connectivity index (χ1) is 12.8. The van der Waals surface area contributed by atoms with E-state index in [0.717, 1.165) is 22.2 Å². The molecule has 0 unspecified atom stereocenters. The van der Waals surface area contributed by atoms with Gasteiger partial charge in [0.05, 0.1) is 12.2 Å². The summed E-state index contributed by atoms with van der Waals surface area (Å²) in [6, 6.07) is 21.4. The van der Waals surface area contributed by atoms with Gasteiger partial charge in [-0.25, -0.2) is 0 Å². The van der Waals surface area contributed by atoms with Gasteiger partial charge in [-0.1, -0.05) is 36.4 Å². The number of carbonyl (C=O) groups is 1. The first kappa shape index (κ1) is 16.0. The van der Waals surface area contributed by atoms with Crippen molar-refractivity contribution < 1.29 is 4.79 Å². The van der Waals surface area contributed by atoms with Crippen molar-refractivity contribution in [2.45, 2.75) is 6.54 Å². The molecule has 0 spiro atoms. The molecule has 1 amide bonds. The standard InChI is InChI=1S/C21H18N4O/c26-21(18-9-8-16-5-1-2-6-17(16)15-18)23-12-14-25-13-10-20(24-25)19-7-3-4-11-22-19/h1-11,13,15H,12,14H2,(H,23,26). The molecule has 0 aliphatic heterocycles. The van der Waals surface area contributed by atoms with Crippen LogP contribution in [0.2, 0.25) is 0 Å². The van der Waals surface area contributed by atoms with Gasteiger partial charge in [-0.05, 0) is 41.1 Å². The van der Waals surface area contributed by atoms with E-state index >= 15 is 0 Å². The highest BCUT2D eigenvalue weighted by atomic mass is 16.1. The number of hydrogen-bond donors (Lipinski definition) is 1. The van der Waals surface area contributed by atoms with Gasteiger partial charge in [0, 0.05) is 24.5 Å². The second-order valence-corrected chi connectivity index (χ2v) is 6.00. The third kappa shape index (κ3) is 3.47. The van der Waals surface area contributed by atoms with Gasteiger partial charge in [0.1, 0.15) is 5.69 Å². The van der Waals surface area contributed by atoms with Gasteiger partial charge in [0.2, 0.25) is 0 Å². The van der Waals surface area contributed by atoms with Crippen molar-refractivity contribution in [3.05, 3.63) is 84.7 Å². The molecule has 0 aliphatic carbocycles. The van der Waals surface area contributed by atoms with Crippen LogP contribution in [0.5, 0.6) is 0 Å². The highest BCUT2D eigenvalue weighted by Gasteiger charge is 2.07. The van der Waals surface area contributed by atoms with Gasteiger partial charge in [0.25, 0.3) is 5.91 Å². The Morgan fingerprint density at radius 3 is 2.62 bits per heavy atom. The minimum Gasteiger partial charge on any atom is -0.350 e. The monoisotopic (exact) mass is 342 g/mol. The van der Waals surface area contributed by atoms with E-state index in [1.807, 2.05) is 77.6 Å². The van der Waals surface area contributed by atoms with Crippen LogP contribution in [-0.2, 0) is 6.54 Å². The molecule has 4 aromatic rings. The molecule has 1 N–H and O–H groups in total. The molecule has 2 aromatic carbocycles. The minimum atomic E-state index is -0.0761. The highest BCUT2D eigenvalue weighted by Crippen LogP contribution is 2.15. The summed E-state index contributed by atoms with van der Waals surface area (Å²) >= 11 is 0. The maximum absolute atomic E-state index is 12.4. The topological polar surface area (TPSA) is 59.8 Å². The molecule has 0 saturated heterocycles. The second-order valence-electron chi connectivity index (χ2n) is 6.00. The zero-order valence-corrected chi connectivity index (χ0v) is 14.2. The maximum atomic E-state index is 12.4. The van der Waals surface area contributed by atoms with Gasteiger partial charge in [-0.2, -0.15) is 5.10 Å². The Bertz CT molecular complexity index is 1040. The van der Waals surface area contributed by atoms with Crippen LogP contribution >= 0.6 is 0 Å². The number of amides is 1. The van der Waals surface area contributed by atoms with Crippen molar-refractivity contribution in [3.8, 4) is 11.4 Å². The lowest BCUT2D eigenvalue weighted by Crippen LogP contribution is -2.27. The van der Waals surface area contributed by atoms with Gasteiger partial charge in [-0.3, -0.25) is 14.5 Å². The Labute approximate surface area is 151 Å². The average molecular weight is 342 g/mol. The van der Waals surface area contributed by atoms with Gasteiger partial charge < -0.3 is 5.32 Å². The van der Waals surface area contributed by atoms with Crippen molar-refractivity contribution in [2.24, 2.45) is 0 Å². The Morgan fingerprint density at radius 2 is 1.77 bits per heavy atom. The third-order valence-electron chi connectivity index (χ3n) is 4.21. The van der Waals surface area contributed by atoms with Crippen LogP contribution in [0.4, 0.5) is 0 Å².